The third-order valence-electron chi connectivity index (χ3n) is 2.69. The smallest absolute Gasteiger partial charge is 0.410 e. The van der Waals surface area contributed by atoms with Gasteiger partial charge in [-0.25, -0.2) is 4.79 Å². The van der Waals surface area contributed by atoms with Crippen LogP contribution in [0.1, 0.15) is 11.1 Å². The summed E-state index contributed by atoms with van der Waals surface area (Å²) in [7, 11) is 0. The molecule has 1 amide bonds. The second-order valence-electron chi connectivity index (χ2n) is 4.38. The molecule has 21 heavy (non-hydrogen) atoms. The van der Waals surface area contributed by atoms with Gasteiger partial charge in [-0.15, -0.1) is 0 Å². The molecule has 0 saturated heterocycles. The molecule has 0 fully saturated rings. The van der Waals surface area contributed by atoms with E-state index in [0.717, 1.165) is 5.56 Å². The molecule has 0 spiro atoms. The lowest BCUT2D eigenvalue weighted by molar-refractivity contribution is 0.215. The lowest BCUT2D eigenvalue weighted by atomic mass is 10.1. The average molecular weight is 280 g/mol. The van der Waals surface area contributed by atoms with Crippen LogP contribution in [0.4, 0.5) is 10.5 Å². The van der Waals surface area contributed by atoms with E-state index in [1.54, 1.807) is 24.3 Å². The van der Waals surface area contributed by atoms with E-state index >= 15 is 0 Å². The van der Waals surface area contributed by atoms with Crippen molar-refractivity contribution < 1.29 is 9.53 Å². The van der Waals surface area contributed by atoms with E-state index in [0.29, 0.717) is 17.0 Å². The summed E-state index contributed by atoms with van der Waals surface area (Å²) in [6.45, 7) is 2.20. The van der Waals surface area contributed by atoms with Gasteiger partial charge in [0.25, 0.3) is 0 Å². The molecule has 0 atom stereocenters. The number of carbonyl (C=O) groups excluding carboxylic acids is 1. The minimum atomic E-state index is -0.553. The van der Waals surface area contributed by atoms with E-state index in [1.807, 2.05) is 31.2 Å². The highest BCUT2D eigenvalue weighted by atomic mass is 16.6. The molecule has 3 N–H and O–H groups in total. The van der Waals surface area contributed by atoms with Crippen molar-refractivity contribution in [2.75, 3.05) is 11.9 Å². The lowest BCUT2D eigenvalue weighted by Crippen LogP contribution is -2.17. The number of anilines is 1. The molecule has 4 heteroatoms. The van der Waals surface area contributed by atoms with Crippen LogP contribution in [-0.4, -0.2) is 12.6 Å². The van der Waals surface area contributed by atoms with Crippen molar-refractivity contribution in [2.24, 2.45) is 5.73 Å². The fourth-order valence-electron chi connectivity index (χ4n) is 1.75. The number of nitrogens with two attached hydrogens (primary N) is 1. The van der Waals surface area contributed by atoms with Crippen LogP contribution < -0.4 is 15.8 Å². The average Bonchev–Trinajstić information content (AvgIpc) is 2.47. The van der Waals surface area contributed by atoms with Crippen LogP contribution in [0.5, 0.6) is 5.75 Å². The topological polar surface area (TPSA) is 64.3 Å². The predicted octanol–water partition coefficient (Wildman–Crippen LogP) is 2.92. The SMILES string of the molecule is Cc1ccc(C#CCN)c(NC(=O)Oc2ccccc2)c1. The largest absolute Gasteiger partial charge is 0.417 e. The third-order valence-corrected chi connectivity index (χ3v) is 2.69. The Morgan fingerprint density at radius 2 is 2.00 bits per heavy atom. The van der Waals surface area contributed by atoms with Gasteiger partial charge in [-0.05, 0) is 36.8 Å². The maximum atomic E-state index is 11.9. The molecule has 0 aliphatic carbocycles. The summed E-state index contributed by atoms with van der Waals surface area (Å²) >= 11 is 0. The monoisotopic (exact) mass is 280 g/mol. The van der Waals surface area contributed by atoms with Gasteiger partial charge in [0.05, 0.1) is 12.2 Å². The standard InChI is InChI=1S/C17H16N2O2/c1-13-9-10-14(6-5-11-18)16(12-13)19-17(20)21-15-7-3-2-4-8-15/h2-4,7-10,12H,11,18H2,1H3,(H,19,20). The highest BCUT2D eigenvalue weighted by Gasteiger charge is 2.08. The molecule has 4 nitrogen and oxygen atoms in total. The fraction of sp³-hybridized carbons (Fsp3) is 0.118. The summed E-state index contributed by atoms with van der Waals surface area (Å²) < 4.78 is 5.19. The molecule has 0 aliphatic rings. The number of amides is 1. The van der Waals surface area contributed by atoms with Crippen LogP contribution in [0.3, 0.4) is 0 Å². The Kier molecular flexibility index (Phi) is 4.97. The Labute approximate surface area is 123 Å². The van der Waals surface area contributed by atoms with Crippen LogP contribution in [-0.2, 0) is 0 Å². The molecule has 0 bridgehead atoms. The number of rotatable bonds is 2. The van der Waals surface area contributed by atoms with Crippen molar-refractivity contribution in [3.05, 3.63) is 59.7 Å². The maximum absolute atomic E-state index is 11.9. The van der Waals surface area contributed by atoms with Crippen molar-refractivity contribution in [3.8, 4) is 17.6 Å². The molecule has 0 aromatic heterocycles. The summed E-state index contributed by atoms with van der Waals surface area (Å²) in [6.07, 6.45) is -0.553. The minimum absolute atomic E-state index is 0.266. The van der Waals surface area contributed by atoms with Gasteiger partial charge in [-0.2, -0.15) is 0 Å². The van der Waals surface area contributed by atoms with Gasteiger partial charge in [-0.3, -0.25) is 5.32 Å². The summed E-state index contributed by atoms with van der Waals surface area (Å²) in [5.41, 5.74) is 7.70. The van der Waals surface area contributed by atoms with Crippen molar-refractivity contribution >= 4 is 11.8 Å². The van der Waals surface area contributed by atoms with E-state index in [-0.39, 0.29) is 6.54 Å². The van der Waals surface area contributed by atoms with Crippen molar-refractivity contribution in [3.63, 3.8) is 0 Å². The zero-order valence-corrected chi connectivity index (χ0v) is 11.7. The van der Waals surface area contributed by atoms with Gasteiger partial charge in [0.1, 0.15) is 5.75 Å². The Morgan fingerprint density at radius 1 is 1.24 bits per heavy atom. The molecule has 2 aromatic rings. The number of nitrogens with one attached hydrogen (secondary N) is 1. The lowest BCUT2D eigenvalue weighted by Gasteiger charge is -2.09. The van der Waals surface area contributed by atoms with Gasteiger partial charge in [-0.1, -0.05) is 36.1 Å². The van der Waals surface area contributed by atoms with Gasteiger partial charge >= 0.3 is 6.09 Å². The number of para-hydroxylation sites is 1. The van der Waals surface area contributed by atoms with E-state index < -0.39 is 6.09 Å². The predicted molar refractivity (Wildman–Crippen MR) is 83.2 cm³/mol. The molecule has 0 heterocycles. The number of hydrogen-bond acceptors (Lipinski definition) is 3. The zero-order valence-electron chi connectivity index (χ0n) is 11.7. The number of ether oxygens (including phenoxy) is 1. The van der Waals surface area contributed by atoms with Crippen molar-refractivity contribution in [1.82, 2.24) is 0 Å². The molecule has 0 aliphatic heterocycles. The van der Waals surface area contributed by atoms with Crippen LogP contribution in [0, 0.1) is 18.8 Å². The summed E-state index contributed by atoms with van der Waals surface area (Å²) in [6, 6.07) is 14.5. The Morgan fingerprint density at radius 3 is 2.71 bits per heavy atom. The zero-order chi connectivity index (χ0) is 15.1. The number of aryl methyl sites for hydroxylation is 1. The molecule has 106 valence electrons. The molecular weight excluding hydrogens is 264 g/mol. The second-order valence-corrected chi connectivity index (χ2v) is 4.38. The number of carbonyl (C=O) groups is 1. The summed E-state index contributed by atoms with van der Waals surface area (Å²) in [5.74, 6) is 6.18. The molecule has 2 rings (SSSR count). The molecule has 0 unspecified atom stereocenters. The molecular formula is C17H16N2O2. The van der Waals surface area contributed by atoms with Crippen molar-refractivity contribution in [2.45, 2.75) is 6.92 Å². The first kappa shape index (κ1) is 14.6. The fourth-order valence-corrected chi connectivity index (χ4v) is 1.75. The Hall–Kier alpha value is -2.77. The third kappa shape index (κ3) is 4.37. The minimum Gasteiger partial charge on any atom is -0.410 e. The van der Waals surface area contributed by atoms with Gasteiger partial charge in [0.15, 0.2) is 0 Å². The molecule has 0 saturated carbocycles. The normalized spacial score (nSPS) is 9.43. The van der Waals surface area contributed by atoms with Crippen LogP contribution in [0.25, 0.3) is 0 Å². The van der Waals surface area contributed by atoms with E-state index in [9.17, 15) is 4.79 Å². The molecule has 2 aromatic carbocycles. The summed E-state index contributed by atoms with van der Waals surface area (Å²) in [4.78, 5) is 11.9. The highest BCUT2D eigenvalue weighted by molar-refractivity contribution is 5.88. The quantitative estimate of drug-likeness (QED) is 0.831. The first-order valence-electron chi connectivity index (χ1n) is 6.52. The highest BCUT2D eigenvalue weighted by Crippen LogP contribution is 2.18. The first-order chi connectivity index (χ1) is 10.2. The van der Waals surface area contributed by atoms with Gasteiger partial charge in [0.2, 0.25) is 0 Å². The Bertz CT molecular complexity index is 685. The number of hydrogen-bond donors (Lipinski definition) is 2. The van der Waals surface area contributed by atoms with E-state index in [2.05, 4.69) is 17.2 Å². The number of benzene rings is 2. The first-order valence-corrected chi connectivity index (χ1v) is 6.52. The van der Waals surface area contributed by atoms with Crippen LogP contribution >= 0.6 is 0 Å². The van der Waals surface area contributed by atoms with Crippen molar-refractivity contribution in [1.29, 1.82) is 0 Å². The second kappa shape index (κ2) is 7.13. The van der Waals surface area contributed by atoms with Crippen LogP contribution in [0.15, 0.2) is 48.5 Å². The van der Waals surface area contributed by atoms with E-state index in [4.69, 9.17) is 10.5 Å². The van der Waals surface area contributed by atoms with Crippen LogP contribution in [0.2, 0.25) is 0 Å². The van der Waals surface area contributed by atoms with Gasteiger partial charge in [0, 0.05) is 5.56 Å². The van der Waals surface area contributed by atoms with Gasteiger partial charge < -0.3 is 10.5 Å². The van der Waals surface area contributed by atoms with E-state index in [1.165, 1.54) is 0 Å². The Balaban J connectivity index is 2.14. The molecule has 0 radical (unpaired) electrons. The summed E-state index contributed by atoms with van der Waals surface area (Å²) in [5, 5.41) is 2.70. The maximum Gasteiger partial charge on any atom is 0.417 e.